The Bertz CT molecular complexity index is 642. The van der Waals surface area contributed by atoms with Gasteiger partial charge in [-0.2, -0.15) is 5.10 Å². The third kappa shape index (κ3) is 2.85. The summed E-state index contributed by atoms with van der Waals surface area (Å²) in [5, 5.41) is 5.34. The SMILES string of the molecule is CC(C)c1c(N2CCC(N)CC2)cnn1-c1ccccc1Cl. The molecule has 0 radical (unpaired) electrons. The van der Waals surface area contributed by atoms with Crippen molar-refractivity contribution in [2.24, 2.45) is 5.73 Å². The highest BCUT2D eigenvalue weighted by Crippen LogP contribution is 2.33. The number of rotatable bonds is 3. The molecule has 0 saturated carbocycles. The third-order valence-electron chi connectivity index (χ3n) is 4.29. The molecule has 118 valence electrons. The highest BCUT2D eigenvalue weighted by molar-refractivity contribution is 6.32. The van der Waals surface area contributed by atoms with Crippen LogP contribution in [0.4, 0.5) is 5.69 Å². The first-order valence-electron chi connectivity index (χ1n) is 7.91. The van der Waals surface area contributed by atoms with Gasteiger partial charge in [0, 0.05) is 19.1 Å². The van der Waals surface area contributed by atoms with Crippen molar-refractivity contribution in [3.63, 3.8) is 0 Å². The molecule has 0 amide bonds. The molecule has 1 fully saturated rings. The number of hydrogen-bond donors (Lipinski definition) is 1. The molecule has 0 aliphatic carbocycles. The molecule has 0 spiro atoms. The summed E-state index contributed by atoms with van der Waals surface area (Å²) in [6, 6.07) is 8.18. The van der Waals surface area contributed by atoms with Gasteiger partial charge in [0.25, 0.3) is 0 Å². The highest BCUT2D eigenvalue weighted by Gasteiger charge is 2.24. The number of para-hydroxylation sites is 1. The van der Waals surface area contributed by atoms with Crippen molar-refractivity contribution in [3.8, 4) is 5.69 Å². The number of piperidine rings is 1. The van der Waals surface area contributed by atoms with Crippen LogP contribution >= 0.6 is 11.6 Å². The molecule has 5 heteroatoms. The monoisotopic (exact) mass is 318 g/mol. The lowest BCUT2D eigenvalue weighted by atomic mass is 10.0. The van der Waals surface area contributed by atoms with E-state index in [2.05, 4.69) is 23.8 Å². The fraction of sp³-hybridized carbons (Fsp3) is 0.471. The Balaban J connectivity index is 2.01. The van der Waals surface area contributed by atoms with Crippen LogP contribution in [-0.4, -0.2) is 28.9 Å². The summed E-state index contributed by atoms with van der Waals surface area (Å²) in [6.07, 6.45) is 4.04. The molecule has 4 nitrogen and oxygen atoms in total. The summed E-state index contributed by atoms with van der Waals surface area (Å²) >= 11 is 6.36. The molecule has 1 aromatic heterocycles. The lowest BCUT2D eigenvalue weighted by molar-refractivity contribution is 0.499. The lowest BCUT2D eigenvalue weighted by Crippen LogP contribution is -2.40. The zero-order chi connectivity index (χ0) is 15.7. The summed E-state index contributed by atoms with van der Waals surface area (Å²) in [7, 11) is 0. The van der Waals surface area contributed by atoms with Gasteiger partial charge in [0.15, 0.2) is 0 Å². The molecule has 22 heavy (non-hydrogen) atoms. The number of aromatic nitrogens is 2. The minimum atomic E-state index is 0.331. The minimum absolute atomic E-state index is 0.331. The summed E-state index contributed by atoms with van der Waals surface area (Å²) in [5.41, 5.74) is 9.38. The smallest absolute Gasteiger partial charge is 0.0835 e. The fourth-order valence-electron chi connectivity index (χ4n) is 3.09. The molecule has 3 rings (SSSR count). The van der Waals surface area contributed by atoms with Crippen LogP contribution in [0.2, 0.25) is 5.02 Å². The van der Waals surface area contributed by atoms with E-state index in [0.717, 1.165) is 36.6 Å². The topological polar surface area (TPSA) is 47.1 Å². The van der Waals surface area contributed by atoms with Crippen LogP contribution in [0.1, 0.15) is 38.3 Å². The Kier molecular flexibility index (Phi) is 4.41. The normalized spacial score (nSPS) is 16.5. The van der Waals surface area contributed by atoms with Gasteiger partial charge in [0.1, 0.15) is 0 Å². The summed E-state index contributed by atoms with van der Waals surface area (Å²) < 4.78 is 1.98. The maximum absolute atomic E-state index is 6.36. The second-order valence-corrected chi connectivity index (χ2v) is 6.66. The van der Waals surface area contributed by atoms with Crippen LogP contribution in [0.25, 0.3) is 5.69 Å². The van der Waals surface area contributed by atoms with Crippen molar-refractivity contribution in [1.82, 2.24) is 9.78 Å². The molecule has 1 aliphatic rings. The quantitative estimate of drug-likeness (QED) is 0.941. The predicted molar refractivity (Wildman–Crippen MR) is 92.1 cm³/mol. The first-order chi connectivity index (χ1) is 10.6. The van der Waals surface area contributed by atoms with E-state index in [1.54, 1.807) is 0 Å². The number of halogens is 1. The Morgan fingerprint density at radius 1 is 1.18 bits per heavy atom. The van der Waals surface area contributed by atoms with Crippen LogP contribution < -0.4 is 10.6 Å². The third-order valence-corrected chi connectivity index (χ3v) is 4.61. The molecule has 0 atom stereocenters. The molecule has 1 saturated heterocycles. The van der Waals surface area contributed by atoms with E-state index in [4.69, 9.17) is 17.3 Å². The van der Waals surface area contributed by atoms with Crippen LogP contribution in [-0.2, 0) is 0 Å². The van der Waals surface area contributed by atoms with E-state index in [-0.39, 0.29) is 0 Å². The average Bonchev–Trinajstić information content (AvgIpc) is 2.93. The first-order valence-corrected chi connectivity index (χ1v) is 8.29. The van der Waals surface area contributed by atoms with Crippen molar-refractivity contribution in [2.75, 3.05) is 18.0 Å². The summed E-state index contributed by atoms with van der Waals surface area (Å²) in [4.78, 5) is 2.40. The number of benzene rings is 1. The molecule has 0 unspecified atom stereocenters. The first kappa shape index (κ1) is 15.4. The predicted octanol–water partition coefficient (Wildman–Crippen LogP) is 3.58. The molecular weight excluding hydrogens is 296 g/mol. The largest absolute Gasteiger partial charge is 0.369 e. The molecule has 1 aliphatic heterocycles. The van der Waals surface area contributed by atoms with Gasteiger partial charge >= 0.3 is 0 Å². The van der Waals surface area contributed by atoms with E-state index in [1.807, 2.05) is 35.1 Å². The van der Waals surface area contributed by atoms with Crippen LogP contribution in [0.3, 0.4) is 0 Å². The van der Waals surface area contributed by atoms with Crippen molar-refractivity contribution >= 4 is 17.3 Å². The Morgan fingerprint density at radius 3 is 2.50 bits per heavy atom. The van der Waals surface area contributed by atoms with Crippen molar-refractivity contribution in [2.45, 2.75) is 38.6 Å². The minimum Gasteiger partial charge on any atom is -0.369 e. The van der Waals surface area contributed by atoms with E-state index in [0.29, 0.717) is 12.0 Å². The zero-order valence-corrected chi connectivity index (χ0v) is 13.9. The van der Waals surface area contributed by atoms with Crippen molar-refractivity contribution < 1.29 is 0 Å². The number of nitrogens with two attached hydrogens (primary N) is 1. The van der Waals surface area contributed by atoms with Gasteiger partial charge in [0.05, 0.1) is 28.3 Å². The Labute approximate surface area is 136 Å². The lowest BCUT2D eigenvalue weighted by Gasteiger charge is -2.32. The Morgan fingerprint density at radius 2 is 1.86 bits per heavy atom. The van der Waals surface area contributed by atoms with Gasteiger partial charge in [-0.25, -0.2) is 4.68 Å². The van der Waals surface area contributed by atoms with Crippen molar-refractivity contribution in [3.05, 3.63) is 41.2 Å². The maximum Gasteiger partial charge on any atom is 0.0835 e. The van der Waals surface area contributed by atoms with Gasteiger partial charge in [-0.1, -0.05) is 37.6 Å². The van der Waals surface area contributed by atoms with Crippen LogP contribution in [0.15, 0.2) is 30.5 Å². The average molecular weight is 319 g/mol. The van der Waals surface area contributed by atoms with E-state index < -0.39 is 0 Å². The van der Waals surface area contributed by atoms with Gasteiger partial charge in [0.2, 0.25) is 0 Å². The molecule has 2 heterocycles. The zero-order valence-electron chi connectivity index (χ0n) is 13.2. The van der Waals surface area contributed by atoms with E-state index >= 15 is 0 Å². The van der Waals surface area contributed by atoms with Gasteiger partial charge in [-0.3, -0.25) is 0 Å². The second kappa shape index (κ2) is 6.31. The van der Waals surface area contributed by atoms with Crippen LogP contribution in [0, 0.1) is 0 Å². The molecular formula is C17H23ClN4. The van der Waals surface area contributed by atoms with Gasteiger partial charge in [-0.15, -0.1) is 0 Å². The van der Waals surface area contributed by atoms with E-state index in [1.165, 1.54) is 11.4 Å². The van der Waals surface area contributed by atoms with E-state index in [9.17, 15) is 0 Å². The molecule has 2 N–H and O–H groups in total. The standard InChI is InChI=1S/C17H23ClN4/c1-12(2)17-16(21-9-7-13(19)8-10-21)11-20-22(17)15-6-4-3-5-14(15)18/h3-6,11-13H,7-10,19H2,1-2H3. The van der Waals surface area contributed by atoms with Gasteiger partial charge in [-0.05, 0) is 30.9 Å². The van der Waals surface area contributed by atoms with Crippen LogP contribution in [0.5, 0.6) is 0 Å². The number of anilines is 1. The maximum atomic E-state index is 6.36. The number of hydrogen-bond acceptors (Lipinski definition) is 3. The van der Waals surface area contributed by atoms with Gasteiger partial charge < -0.3 is 10.6 Å². The molecule has 2 aromatic rings. The molecule has 0 bridgehead atoms. The Hall–Kier alpha value is -1.52. The number of nitrogens with zero attached hydrogens (tertiary/aromatic N) is 3. The van der Waals surface area contributed by atoms with Crippen molar-refractivity contribution in [1.29, 1.82) is 0 Å². The molecule has 1 aromatic carbocycles. The fourth-order valence-corrected chi connectivity index (χ4v) is 3.30. The highest BCUT2D eigenvalue weighted by atomic mass is 35.5. The second-order valence-electron chi connectivity index (χ2n) is 6.26. The summed E-state index contributed by atoms with van der Waals surface area (Å²) in [5.74, 6) is 0.365. The summed E-state index contributed by atoms with van der Waals surface area (Å²) in [6.45, 7) is 6.39.